The van der Waals surface area contributed by atoms with Crippen LogP contribution in [0.15, 0.2) is 29.3 Å². The fourth-order valence-corrected chi connectivity index (χ4v) is 4.50. The van der Waals surface area contributed by atoms with Crippen molar-refractivity contribution in [3.63, 3.8) is 0 Å². The highest BCUT2D eigenvalue weighted by atomic mass is 35.5. The van der Waals surface area contributed by atoms with Crippen LogP contribution in [0.5, 0.6) is 0 Å². The molecule has 0 N–H and O–H groups in total. The number of aryl methyl sites for hydroxylation is 1. The van der Waals surface area contributed by atoms with Gasteiger partial charge in [-0.3, -0.25) is 14.5 Å². The highest BCUT2D eigenvalue weighted by molar-refractivity contribution is 6.55. The summed E-state index contributed by atoms with van der Waals surface area (Å²) < 4.78 is 0. The highest BCUT2D eigenvalue weighted by Gasteiger charge is 2.41. The Morgan fingerprint density at radius 2 is 1.26 bits per heavy atom. The molecule has 0 spiro atoms. The molecule has 1 aromatic rings. The van der Waals surface area contributed by atoms with Crippen molar-refractivity contribution < 1.29 is 9.59 Å². The molecule has 2 aliphatic rings. The lowest BCUT2D eigenvalue weighted by Crippen LogP contribution is -2.41. The Hall–Kier alpha value is -1.61. The van der Waals surface area contributed by atoms with Crippen LogP contribution in [0.3, 0.4) is 0 Å². The van der Waals surface area contributed by atoms with Gasteiger partial charge in [0.25, 0.3) is 11.8 Å². The zero-order chi connectivity index (χ0) is 19.2. The van der Waals surface area contributed by atoms with E-state index in [0.717, 1.165) is 36.8 Å². The molecule has 1 aliphatic carbocycles. The van der Waals surface area contributed by atoms with E-state index in [1.807, 2.05) is 31.2 Å². The van der Waals surface area contributed by atoms with E-state index in [9.17, 15) is 9.59 Å². The van der Waals surface area contributed by atoms with Crippen LogP contribution in [0, 0.1) is 6.92 Å². The number of rotatable bonds is 2. The molecule has 3 nitrogen and oxygen atoms in total. The molecular formula is C23H30ClNO2. The Kier molecular flexibility index (Phi) is 7.12. The van der Waals surface area contributed by atoms with E-state index in [2.05, 4.69) is 0 Å². The van der Waals surface area contributed by atoms with Crippen LogP contribution in [0.4, 0.5) is 0 Å². The Morgan fingerprint density at radius 1 is 0.778 bits per heavy atom. The van der Waals surface area contributed by atoms with Crippen molar-refractivity contribution in [3.05, 3.63) is 40.4 Å². The second-order valence-electron chi connectivity index (χ2n) is 7.95. The van der Waals surface area contributed by atoms with Crippen LogP contribution in [-0.2, 0) is 9.59 Å². The Bertz CT molecular complexity index is 696. The number of hydrogen-bond acceptors (Lipinski definition) is 2. The molecule has 0 aromatic heterocycles. The lowest BCUT2D eigenvalue weighted by molar-refractivity contribution is -0.139. The van der Waals surface area contributed by atoms with Crippen LogP contribution < -0.4 is 0 Å². The first-order valence-electron chi connectivity index (χ1n) is 10.4. The van der Waals surface area contributed by atoms with Gasteiger partial charge in [-0.15, -0.1) is 0 Å². The number of imide groups is 1. The summed E-state index contributed by atoms with van der Waals surface area (Å²) in [5.74, 6) is -0.528. The predicted molar refractivity (Wildman–Crippen MR) is 110 cm³/mol. The van der Waals surface area contributed by atoms with E-state index in [4.69, 9.17) is 11.6 Å². The summed E-state index contributed by atoms with van der Waals surface area (Å²) in [4.78, 5) is 27.5. The molecule has 0 saturated heterocycles. The Morgan fingerprint density at radius 3 is 1.78 bits per heavy atom. The summed E-state index contributed by atoms with van der Waals surface area (Å²) in [6, 6.07) is 7.62. The van der Waals surface area contributed by atoms with Crippen molar-refractivity contribution in [3.8, 4) is 0 Å². The summed E-state index contributed by atoms with van der Waals surface area (Å²) in [7, 11) is 0. The maximum absolute atomic E-state index is 13.1. The summed E-state index contributed by atoms with van der Waals surface area (Å²) in [6.07, 6.45) is 12.7. The van der Waals surface area contributed by atoms with Gasteiger partial charge < -0.3 is 0 Å². The second-order valence-corrected chi connectivity index (χ2v) is 8.33. The number of benzene rings is 1. The smallest absolute Gasteiger partial charge is 0.270 e. The van der Waals surface area contributed by atoms with Crippen molar-refractivity contribution in [1.82, 2.24) is 4.90 Å². The monoisotopic (exact) mass is 387 g/mol. The third-order valence-corrected chi connectivity index (χ3v) is 6.19. The standard InChI is InChI=1S/C23H30ClNO2/c1-17-13-15-18(16-14-17)20-21(24)23(27)25(22(20)26)19-11-9-7-5-3-2-4-6-8-10-12-19/h13-16,19H,2-12H2,1H3. The van der Waals surface area contributed by atoms with Crippen LogP contribution in [0.2, 0.25) is 0 Å². The van der Waals surface area contributed by atoms with E-state index in [0.29, 0.717) is 5.57 Å². The number of amides is 2. The first-order valence-corrected chi connectivity index (χ1v) is 10.8. The summed E-state index contributed by atoms with van der Waals surface area (Å²) in [5, 5.41) is 0.0787. The van der Waals surface area contributed by atoms with Gasteiger partial charge in [-0.2, -0.15) is 0 Å². The minimum atomic E-state index is -0.311. The molecular weight excluding hydrogens is 358 g/mol. The van der Waals surface area contributed by atoms with E-state index in [1.54, 1.807) is 0 Å². The van der Waals surface area contributed by atoms with Crippen LogP contribution in [-0.4, -0.2) is 22.8 Å². The van der Waals surface area contributed by atoms with Gasteiger partial charge in [-0.25, -0.2) is 0 Å². The average Bonchev–Trinajstić information content (AvgIpc) is 2.86. The lowest BCUT2D eigenvalue weighted by atomic mass is 9.96. The molecule has 27 heavy (non-hydrogen) atoms. The molecule has 1 aliphatic heterocycles. The van der Waals surface area contributed by atoms with Gasteiger partial charge in [0.15, 0.2) is 0 Å². The van der Waals surface area contributed by atoms with Crippen LogP contribution in [0.25, 0.3) is 5.57 Å². The number of halogens is 1. The SMILES string of the molecule is Cc1ccc(C2=C(Cl)C(=O)N(C3CCCCCCCCCCC3)C2=O)cc1. The normalized spacial score (nSPS) is 21.3. The molecule has 0 radical (unpaired) electrons. The minimum absolute atomic E-state index is 0.0267. The third-order valence-electron chi connectivity index (χ3n) is 5.84. The molecule has 4 heteroatoms. The second kappa shape index (κ2) is 9.54. The zero-order valence-corrected chi connectivity index (χ0v) is 17.1. The molecule has 1 aromatic carbocycles. The van der Waals surface area contributed by atoms with Gasteiger partial charge in [-0.1, -0.05) is 99.2 Å². The van der Waals surface area contributed by atoms with Crippen molar-refractivity contribution in [2.24, 2.45) is 0 Å². The molecule has 0 bridgehead atoms. The molecule has 2 amide bonds. The van der Waals surface area contributed by atoms with E-state index in [-0.39, 0.29) is 22.9 Å². The zero-order valence-electron chi connectivity index (χ0n) is 16.3. The first-order chi connectivity index (χ1) is 13.1. The average molecular weight is 388 g/mol. The predicted octanol–water partition coefficient (Wildman–Crippen LogP) is 5.99. The topological polar surface area (TPSA) is 37.4 Å². The number of carbonyl (C=O) groups is 2. The van der Waals surface area contributed by atoms with Crippen LogP contribution >= 0.6 is 11.6 Å². The van der Waals surface area contributed by atoms with Gasteiger partial charge in [0.05, 0.1) is 5.57 Å². The van der Waals surface area contributed by atoms with Gasteiger partial charge in [-0.05, 0) is 25.3 Å². The Labute approximate surface area is 167 Å². The molecule has 1 saturated carbocycles. The van der Waals surface area contributed by atoms with Crippen molar-refractivity contribution in [2.75, 3.05) is 0 Å². The third kappa shape index (κ3) is 4.82. The quantitative estimate of drug-likeness (QED) is 0.584. The summed E-state index contributed by atoms with van der Waals surface area (Å²) >= 11 is 6.36. The molecule has 146 valence electrons. The van der Waals surface area contributed by atoms with Crippen LogP contribution in [0.1, 0.15) is 81.8 Å². The van der Waals surface area contributed by atoms with Crippen molar-refractivity contribution in [1.29, 1.82) is 0 Å². The van der Waals surface area contributed by atoms with Gasteiger partial charge in [0.1, 0.15) is 5.03 Å². The summed E-state index contributed by atoms with van der Waals surface area (Å²) in [5.41, 5.74) is 2.22. The Balaban J connectivity index is 1.77. The molecule has 1 fully saturated rings. The highest BCUT2D eigenvalue weighted by Crippen LogP contribution is 2.35. The largest absolute Gasteiger partial charge is 0.273 e. The first kappa shape index (κ1) is 20.1. The number of nitrogens with zero attached hydrogens (tertiary/aromatic N) is 1. The van der Waals surface area contributed by atoms with Gasteiger partial charge >= 0.3 is 0 Å². The molecule has 0 atom stereocenters. The fraction of sp³-hybridized carbons (Fsp3) is 0.565. The van der Waals surface area contributed by atoms with Gasteiger partial charge in [0.2, 0.25) is 0 Å². The maximum Gasteiger partial charge on any atom is 0.273 e. The van der Waals surface area contributed by atoms with E-state index in [1.165, 1.54) is 49.8 Å². The van der Waals surface area contributed by atoms with Crippen molar-refractivity contribution >= 4 is 29.0 Å². The summed E-state index contributed by atoms with van der Waals surface area (Å²) in [6.45, 7) is 2.00. The van der Waals surface area contributed by atoms with E-state index < -0.39 is 0 Å². The van der Waals surface area contributed by atoms with Gasteiger partial charge in [0, 0.05) is 6.04 Å². The fourth-order valence-electron chi connectivity index (χ4n) is 4.22. The van der Waals surface area contributed by atoms with E-state index >= 15 is 0 Å². The number of hydrogen-bond donors (Lipinski definition) is 0. The maximum atomic E-state index is 13.1. The lowest BCUT2D eigenvalue weighted by Gasteiger charge is -2.27. The van der Waals surface area contributed by atoms with Crippen molar-refractivity contribution in [2.45, 2.75) is 83.6 Å². The molecule has 3 rings (SSSR count). The number of carbonyl (C=O) groups excluding carboxylic acids is 2. The molecule has 0 unspecified atom stereocenters. The minimum Gasteiger partial charge on any atom is -0.270 e. The molecule has 1 heterocycles.